The molecule has 1 heterocycles. The minimum atomic E-state index is 0.343. The number of nitrogens with zero attached hydrogens (tertiary/aromatic N) is 2. The van der Waals surface area contributed by atoms with Crippen molar-refractivity contribution < 1.29 is 0 Å². The highest BCUT2D eigenvalue weighted by Gasteiger charge is 2.07. The molecule has 0 amide bonds. The van der Waals surface area contributed by atoms with Gasteiger partial charge < -0.3 is 10.6 Å². The Morgan fingerprint density at radius 1 is 1.00 bits per heavy atom. The quantitative estimate of drug-likeness (QED) is 0.662. The number of aromatic nitrogens is 2. The van der Waals surface area contributed by atoms with Crippen LogP contribution in [0.4, 0.5) is 11.6 Å². The molecule has 0 aliphatic heterocycles. The first-order chi connectivity index (χ1) is 9.52. The third kappa shape index (κ3) is 6.22. The number of unbranched alkanes of at least 4 members (excludes halogenated alkanes) is 1. The molecule has 114 valence electrons. The number of hydrogen-bond acceptors (Lipinski definition) is 4. The van der Waals surface area contributed by atoms with E-state index < -0.39 is 0 Å². The van der Waals surface area contributed by atoms with Crippen molar-refractivity contribution in [2.45, 2.75) is 59.8 Å². The van der Waals surface area contributed by atoms with Crippen LogP contribution in [-0.4, -0.2) is 23.1 Å². The van der Waals surface area contributed by atoms with Crippen LogP contribution in [0.15, 0.2) is 6.07 Å². The molecule has 20 heavy (non-hydrogen) atoms. The molecule has 0 aliphatic rings. The van der Waals surface area contributed by atoms with Gasteiger partial charge in [-0.15, -0.1) is 0 Å². The third-order valence-corrected chi connectivity index (χ3v) is 3.13. The molecule has 0 saturated heterocycles. The van der Waals surface area contributed by atoms with Crippen molar-refractivity contribution in [2.24, 2.45) is 5.92 Å². The van der Waals surface area contributed by atoms with Gasteiger partial charge in [0.15, 0.2) is 0 Å². The van der Waals surface area contributed by atoms with Gasteiger partial charge in [-0.2, -0.15) is 0 Å². The molecule has 4 heteroatoms. The van der Waals surface area contributed by atoms with Crippen molar-refractivity contribution in [3.63, 3.8) is 0 Å². The minimum absolute atomic E-state index is 0.343. The minimum Gasteiger partial charge on any atom is -0.370 e. The third-order valence-electron chi connectivity index (χ3n) is 3.13. The average Bonchev–Trinajstić information content (AvgIpc) is 2.38. The summed E-state index contributed by atoms with van der Waals surface area (Å²) < 4.78 is 0. The molecule has 0 fully saturated rings. The van der Waals surface area contributed by atoms with Gasteiger partial charge >= 0.3 is 0 Å². The fraction of sp³-hybridized carbons (Fsp3) is 0.750. The summed E-state index contributed by atoms with van der Waals surface area (Å²) in [6, 6.07) is 2.00. The van der Waals surface area contributed by atoms with Crippen molar-refractivity contribution in [2.75, 3.05) is 23.7 Å². The average molecular weight is 278 g/mol. The van der Waals surface area contributed by atoms with Gasteiger partial charge in [-0.3, -0.25) is 0 Å². The molecular formula is C16H30N4. The summed E-state index contributed by atoms with van der Waals surface area (Å²) in [5.74, 6) is 3.88. The summed E-state index contributed by atoms with van der Waals surface area (Å²) in [7, 11) is 0. The van der Waals surface area contributed by atoms with Crippen LogP contribution >= 0.6 is 0 Å². The van der Waals surface area contributed by atoms with E-state index >= 15 is 0 Å². The fourth-order valence-electron chi connectivity index (χ4n) is 1.98. The highest BCUT2D eigenvalue weighted by atomic mass is 15.1. The van der Waals surface area contributed by atoms with E-state index in [4.69, 9.17) is 0 Å². The summed E-state index contributed by atoms with van der Waals surface area (Å²) >= 11 is 0. The predicted molar refractivity (Wildman–Crippen MR) is 87.5 cm³/mol. The molecular weight excluding hydrogens is 248 g/mol. The Bertz CT molecular complexity index is 388. The van der Waals surface area contributed by atoms with Crippen molar-refractivity contribution in [1.82, 2.24) is 9.97 Å². The van der Waals surface area contributed by atoms with Crippen molar-refractivity contribution in [1.29, 1.82) is 0 Å². The van der Waals surface area contributed by atoms with Gasteiger partial charge in [0.25, 0.3) is 0 Å². The number of nitrogens with one attached hydrogen (secondary N) is 2. The Morgan fingerprint density at radius 2 is 1.65 bits per heavy atom. The van der Waals surface area contributed by atoms with Crippen LogP contribution in [0, 0.1) is 5.92 Å². The molecule has 2 N–H and O–H groups in total. The zero-order valence-electron chi connectivity index (χ0n) is 13.7. The summed E-state index contributed by atoms with van der Waals surface area (Å²) in [6.45, 7) is 12.7. The molecule has 0 bridgehead atoms. The lowest BCUT2D eigenvalue weighted by Gasteiger charge is -2.12. The Balaban J connectivity index is 2.55. The van der Waals surface area contributed by atoms with Gasteiger partial charge in [0.05, 0.1) is 0 Å². The first kappa shape index (κ1) is 16.7. The second-order valence-corrected chi connectivity index (χ2v) is 6.00. The van der Waals surface area contributed by atoms with Crippen LogP contribution in [-0.2, 0) is 0 Å². The summed E-state index contributed by atoms with van der Waals surface area (Å²) in [5, 5.41) is 6.69. The second kappa shape index (κ2) is 8.77. The molecule has 0 aliphatic carbocycles. The van der Waals surface area contributed by atoms with Crippen LogP contribution in [0.5, 0.6) is 0 Å². The van der Waals surface area contributed by atoms with Crippen LogP contribution in [0.2, 0.25) is 0 Å². The normalized spacial score (nSPS) is 11.2. The second-order valence-electron chi connectivity index (χ2n) is 6.00. The topological polar surface area (TPSA) is 49.8 Å². The van der Waals surface area contributed by atoms with E-state index in [1.54, 1.807) is 0 Å². The van der Waals surface area contributed by atoms with E-state index in [0.29, 0.717) is 5.92 Å². The maximum atomic E-state index is 4.59. The van der Waals surface area contributed by atoms with Gasteiger partial charge in [0.1, 0.15) is 17.5 Å². The summed E-state index contributed by atoms with van der Waals surface area (Å²) in [4.78, 5) is 9.11. The maximum absolute atomic E-state index is 4.59. The van der Waals surface area contributed by atoms with Gasteiger partial charge in [0, 0.05) is 25.1 Å². The zero-order chi connectivity index (χ0) is 15.0. The van der Waals surface area contributed by atoms with E-state index in [0.717, 1.165) is 36.5 Å². The van der Waals surface area contributed by atoms with Gasteiger partial charge in [0.2, 0.25) is 0 Å². The van der Waals surface area contributed by atoms with Crippen LogP contribution in [0.25, 0.3) is 0 Å². The van der Waals surface area contributed by atoms with Crippen molar-refractivity contribution >= 4 is 11.6 Å². The van der Waals surface area contributed by atoms with Crippen LogP contribution in [0.3, 0.4) is 0 Å². The van der Waals surface area contributed by atoms with E-state index in [1.165, 1.54) is 19.3 Å². The molecule has 0 saturated carbocycles. The Morgan fingerprint density at radius 3 is 2.20 bits per heavy atom. The smallest absolute Gasteiger partial charge is 0.135 e. The Hall–Kier alpha value is -1.32. The highest BCUT2D eigenvalue weighted by molar-refractivity contribution is 5.47. The lowest BCUT2D eigenvalue weighted by molar-refractivity contribution is 0.544. The Kier molecular flexibility index (Phi) is 7.34. The van der Waals surface area contributed by atoms with Crippen molar-refractivity contribution in [3.05, 3.63) is 11.9 Å². The molecule has 1 rings (SSSR count). The lowest BCUT2D eigenvalue weighted by Crippen LogP contribution is -2.10. The molecule has 4 nitrogen and oxygen atoms in total. The standard InChI is InChI=1S/C16H30N4/c1-6-17-14-11-15(20-16(19-14)13(4)5)18-10-8-7-9-12(2)3/h11-13H,6-10H2,1-5H3,(H2,17,18,19,20). The largest absolute Gasteiger partial charge is 0.370 e. The van der Waals surface area contributed by atoms with E-state index in [9.17, 15) is 0 Å². The van der Waals surface area contributed by atoms with E-state index in [2.05, 4.69) is 55.2 Å². The summed E-state index contributed by atoms with van der Waals surface area (Å²) in [5.41, 5.74) is 0. The fourth-order valence-corrected chi connectivity index (χ4v) is 1.98. The number of hydrogen-bond donors (Lipinski definition) is 2. The Labute approximate surface area is 123 Å². The zero-order valence-corrected chi connectivity index (χ0v) is 13.7. The SMILES string of the molecule is CCNc1cc(NCCCCC(C)C)nc(C(C)C)n1. The molecule has 0 spiro atoms. The summed E-state index contributed by atoms with van der Waals surface area (Å²) in [6.07, 6.45) is 3.76. The van der Waals surface area contributed by atoms with Gasteiger partial charge in [-0.1, -0.05) is 40.5 Å². The molecule has 0 unspecified atom stereocenters. The number of anilines is 2. The van der Waals surface area contributed by atoms with Crippen LogP contribution in [0.1, 0.15) is 65.6 Å². The first-order valence-electron chi connectivity index (χ1n) is 7.89. The molecule has 0 aromatic carbocycles. The van der Waals surface area contributed by atoms with Gasteiger partial charge in [-0.05, 0) is 19.3 Å². The maximum Gasteiger partial charge on any atom is 0.135 e. The van der Waals surface area contributed by atoms with E-state index in [1.807, 2.05) is 6.07 Å². The predicted octanol–water partition coefficient (Wildman–Crippen LogP) is 4.27. The monoisotopic (exact) mass is 278 g/mol. The van der Waals surface area contributed by atoms with Crippen LogP contribution < -0.4 is 10.6 Å². The van der Waals surface area contributed by atoms with E-state index in [-0.39, 0.29) is 0 Å². The molecule has 0 radical (unpaired) electrons. The van der Waals surface area contributed by atoms with Gasteiger partial charge in [-0.25, -0.2) is 9.97 Å². The molecule has 0 atom stereocenters. The highest BCUT2D eigenvalue weighted by Crippen LogP contribution is 2.17. The molecule has 1 aromatic rings. The number of rotatable bonds is 9. The lowest BCUT2D eigenvalue weighted by atomic mass is 10.1. The first-order valence-corrected chi connectivity index (χ1v) is 7.89. The molecule has 1 aromatic heterocycles. The van der Waals surface area contributed by atoms with Crippen molar-refractivity contribution in [3.8, 4) is 0 Å².